The number of likely N-dealkylation sites (tertiary alicyclic amines) is 1. The summed E-state index contributed by atoms with van der Waals surface area (Å²) in [5.74, 6) is -1.21. The van der Waals surface area contributed by atoms with E-state index in [4.69, 9.17) is 21.3 Å². The second-order valence-electron chi connectivity index (χ2n) is 14.4. The molecule has 5 aromatic rings. The van der Waals surface area contributed by atoms with Crippen molar-refractivity contribution in [2.24, 2.45) is 0 Å². The van der Waals surface area contributed by atoms with Crippen molar-refractivity contribution >= 4 is 40.5 Å². The van der Waals surface area contributed by atoms with E-state index >= 15 is 0 Å². The first-order valence-electron chi connectivity index (χ1n) is 18.0. The van der Waals surface area contributed by atoms with Crippen LogP contribution in [-0.2, 0) is 27.7 Å². The molecule has 0 bridgehead atoms. The van der Waals surface area contributed by atoms with E-state index in [0.717, 1.165) is 29.5 Å². The van der Waals surface area contributed by atoms with E-state index in [1.807, 2.05) is 19.9 Å². The van der Waals surface area contributed by atoms with Gasteiger partial charge in [-0.15, -0.1) is 5.10 Å². The summed E-state index contributed by atoms with van der Waals surface area (Å²) < 4.78 is 48.2. The lowest BCUT2D eigenvalue weighted by Gasteiger charge is -2.39. The van der Waals surface area contributed by atoms with E-state index in [1.165, 1.54) is 10.8 Å². The number of hydrogen-bond donors (Lipinski definition) is 2. The lowest BCUT2D eigenvalue weighted by molar-refractivity contribution is -0.137. The summed E-state index contributed by atoms with van der Waals surface area (Å²) in [4.78, 5) is 61.0. The van der Waals surface area contributed by atoms with Gasteiger partial charge in [0, 0.05) is 47.2 Å². The Hall–Kier alpha value is -5.68. The number of aromatic nitrogens is 7. The van der Waals surface area contributed by atoms with Crippen LogP contribution >= 0.6 is 11.6 Å². The third-order valence-electron chi connectivity index (χ3n) is 10.8. The van der Waals surface area contributed by atoms with Crippen LogP contribution in [0.5, 0.6) is 5.75 Å². The number of benzene rings is 1. The lowest BCUT2D eigenvalue weighted by atomic mass is 9.73. The second-order valence-corrected chi connectivity index (χ2v) is 14.8. The molecule has 2 amide bonds. The van der Waals surface area contributed by atoms with Gasteiger partial charge in [0.15, 0.2) is 17.3 Å². The van der Waals surface area contributed by atoms with E-state index in [2.05, 4.69) is 25.4 Å². The zero-order valence-corrected chi connectivity index (χ0v) is 31.0. The quantitative estimate of drug-likeness (QED) is 0.222. The molecule has 1 fully saturated rings. The number of nitrogens with one attached hydrogen (secondary N) is 1. The number of aromatic hydroxyl groups is 1. The zero-order valence-electron chi connectivity index (χ0n) is 30.2. The van der Waals surface area contributed by atoms with E-state index in [1.54, 1.807) is 27.8 Å². The maximum Gasteiger partial charge on any atom is 0.416 e. The van der Waals surface area contributed by atoms with Crippen molar-refractivity contribution in [1.29, 1.82) is 0 Å². The number of piperidine rings is 1. The first-order valence-corrected chi connectivity index (χ1v) is 18.4. The highest BCUT2D eigenvalue weighted by molar-refractivity contribution is 6.33. The van der Waals surface area contributed by atoms with Gasteiger partial charge in [-0.25, -0.2) is 9.97 Å². The molecule has 1 saturated heterocycles. The molecule has 6 heterocycles. The molecule has 0 saturated carbocycles. The normalized spacial score (nSPS) is 17.9. The zero-order chi connectivity index (χ0) is 39.5. The molecule has 8 rings (SSSR count). The van der Waals surface area contributed by atoms with E-state index in [9.17, 15) is 32.7 Å². The van der Waals surface area contributed by atoms with Crippen molar-refractivity contribution in [2.45, 2.75) is 63.6 Å². The molecule has 1 atom stereocenters. The molecule has 56 heavy (non-hydrogen) atoms. The molecule has 2 aliphatic heterocycles. The van der Waals surface area contributed by atoms with E-state index < -0.39 is 29.0 Å². The number of nitrogens with zero attached hydrogens (tertiary/aromatic N) is 8. The molecule has 14 nitrogen and oxygen atoms in total. The molecule has 290 valence electrons. The highest BCUT2D eigenvalue weighted by Gasteiger charge is 2.49. The van der Waals surface area contributed by atoms with Gasteiger partial charge in [0.1, 0.15) is 18.6 Å². The number of hydrogen-bond acceptors (Lipinski definition) is 10. The summed E-state index contributed by atoms with van der Waals surface area (Å²) >= 11 is 6.17. The molecule has 4 aromatic heterocycles. The standard InChI is InChI=1S/C38H35ClF3N9O5/c1-20-16-37(9-11-49(12-10-37)35(55)30-32(53)29(44-19-45-30)23-4-3-21(2)43-17-23)28-31(20)50(18-27(52)46-26-6-5-24(15-25(26)39)38(40,41)42)36-47-33(48-51(36)34(28)54)22-7-13-56-14-8-22/h3-7,15,17,19-20,53H,8-14,16,18H2,1-2H3,(H,46,52). The predicted molar refractivity (Wildman–Crippen MR) is 197 cm³/mol. The number of anilines is 1. The van der Waals surface area contributed by atoms with Crippen LogP contribution in [0, 0.1) is 6.92 Å². The summed E-state index contributed by atoms with van der Waals surface area (Å²) in [7, 11) is 0. The summed E-state index contributed by atoms with van der Waals surface area (Å²) in [6.45, 7) is 4.74. The van der Waals surface area contributed by atoms with Gasteiger partial charge in [-0.05, 0) is 74.4 Å². The Morgan fingerprint density at radius 2 is 1.91 bits per heavy atom. The van der Waals surface area contributed by atoms with Gasteiger partial charge >= 0.3 is 6.18 Å². The van der Waals surface area contributed by atoms with Gasteiger partial charge in [-0.1, -0.05) is 24.6 Å². The van der Waals surface area contributed by atoms with Crippen LogP contribution in [0.4, 0.5) is 18.9 Å². The molecule has 1 aliphatic carbocycles. The molecule has 18 heteroatoms. The second kappa shape index (κ2) is 14.1. The summed E-state index contributed by atoms with van der Waals surface area (Å²) in [6.07, 6.45) is 1.86. The third-order valence-corrected chi connectivity index (χ3v) is 11.1. The van der Waals surface area contributed by atoms with Crippen LogP contribution in [-0.4, -0.2) is 82.2 Å². The Balaban J connectivity index is 1.13. The average molecular weight is 790 g/mol. The largest absolute Gasteiger partial charge is 0.504 e. The molecule has 1 spiro atoms. The first kappa shape index (κ1) is 37.3. The number of halogens is 4. The SMILES string of the molecule is Cc1ccc(-c2ncnc(C(=O)N3CCC4(CC3)CC(C)c3c4c(=O)n4nc(C5=CCOCC5)nc4n3CC(=O)Nc3ccc(C(F)(F)F)cc3Cl)c2O)cn1. The van der Waals surface area contributed by atoms with Crippen molar-refractivity contribution in [1.82, 2.24) is 39.0 Å². The fraction of sp³-hybridized carbons (Fsp3) is 0.368. The molecule has 1 aromatic carbocycles. The fourth-order valence-electron chi connectivity index (χ4n) is 8.11. The van der Waals surface area contributed by atoms with Gasteiger partial charge in [0.2, 0.25) is 11.7 Å². The minimum absolute atomic E-state index is 0.00757. The Morgan fingerprint density at radius 3 is 2.59 bits per heavy atom. The number of rotatable bonds is 6. The van der Waals surface area contributed by atoms with E-state index in [0.29, 0.717) is 61.5 Å². The number of pyridine rings is 1. The van der Waals surface area contributed by atoms with Crippen molar-refractivity contribution in [3.63, 3.8) is 0 Å². The van der Waals surface area contributed by atoms with Crippen molar-refractivity contribution in [3.8, 4) is 17.0 Å². The third kappa shape index (κ3) is 6.57. The number of amides is 2. The number of alkyl halides is 3. The number of ether oxygens (including phenoxy) is 1. The first-order chi connectivity index (χ1) is 26.7. The number of carbonyl (C=O) groups excluding carboxylic acids is 2. The molecular formula is C38H35ClF3N9O5. The predicted octanol–water partition coefficient (Wildman–Crippen LogP) is 5.55. The Labute approximate surface area is 322 Å². The summed E-state index contributed by atoms with van der Waals surface area (Å²) in [6, 6.07) is 6.19. The lowest BCUT2D eigenvalue weighted by Crippen LogP contribution is -2.46. The van der Waals surface area contributed by atoms with Crippen molar-refractivity contribution < 1.29 is 32.6 Å². The highest BCUT2D eigenvalue weighted by Crippen LogP contribution is 2.50. The summed E-state index contributed by atoms with van der Waals surface area (Å²) in [5, 5.41) is 18.1. The van der Waals surface area contributed by atoms with Crippen LogP contribution in [0.25, 0.3) is 22.6 Å². The molecular weight excluding hydrogens is 755 g/mol. The Bertz CT molecular complexity index is 2490. The maximum atomic E-state index is 14.6. The molecule has 2 N–H and O–H groups in total. The van der Waals surface area contributed by atoms with Gasteiger partial charge < -0.3 is 24.6 Å². The van der Waals surface area contributed by atoms with Crippen molar-refractivity contribution in [3.05, 3.63) is 98.3 Å². The number of aryl methyl sites for hydroxylation is 1. The Morgan fingerprint density at radius 1 is 1.12 bits per heavy atom. The molecule has 1 unspecified atom stereocenters. The number of carbonyl (C=O) groups is 2. The monoisotopic (exact) mass is 789 g/mol. The van der Waals surface area contributed by atoms with Gasteiger partial charge in [0.25, 0.3) is 11.5 Å². The van der Waals surface area contributed by atoms with E-state index in [-0.39, 0.29) is 64.7 Å². The fourth-order valence-corrected chi connectivity index (χ4v) is 8.34. The average Bonchev–Trinajstić information content (AvgIpc) is 3.75. The minimum atomic E-state index is -4.62. The highest BCUT2D eigenvalue weighted by atomic mass is 35.5. The van der Waals surface area contributed by atoms with Gasteiger partial charge in [0.05, 0.1) is 29.5 Å². The topological polar surface area (TPSA) is 170 Å². The Kier molecular flexibility index (Phi) is 9.39. The van der Waals surface area contributed by atoms with Gasteiger partial charge in [-0.2, -0.15) is 22.7 Å². The van der Waals surface area contributed by atoms with Crippen LogP contribution < -0.4 is 10.9 Å². The minimum Gasteiger partial charge on any atom is -0.504 e. The van der Waals surface area contributed by atoms with Gasteiger partial charge in [-0.3, -0.25) is 19.4 Å². The van der Waals surface area contributed by atoms with Crippen LogP contribution in [0.3, 0.4) is 0 Å². The number of fused-ring (bicyclic) bond motifs is 3. The van der Waals surface area contributed by atoms with Crippen molar-refractivity contribution in [2.75, 3.05) is 31.6 Å². The van der Waals surface area contributed by atoms with Crippen LogP contribution in [0.2, 0.25) is 5.02 Å². The smallest absolute Gasteiger partial charge is 0.416 e. The maximum absolute atomic E-state index is 14.6. The van der Waals surface area contributed by atoms with Crippen LogP contribution in [0.1, 0.15) is 77.4 Å². The molecule has 3 aliphatic rings. The van der Waals surface area contributed by atoms with Crippen LogP contribution in [0.15, 0.2) is 53.7 Å². The summed E-state index contributed by atoms with van der Waals surface area (Å²) in [5.41, 5.74) is 1.17. The molecule has 0 radical (unpaired) electrons.